The van der Waals surface area contributed by atoms with Gasteiger partial charge in [0.05, 0.1) is 12.2 Å². The van der Waals surface area contributed by atoms with E-state index in [1.165, 1.54) is 12.2 Å². The van der Waals surface area contributed by atoms with Gasteiger partial charge in [-0.25, -0.2) is 0 Å². The quantitative estimate of drug-likeness (QED) is 0.923. The fourth-order valence-electron chi connectivity index (χ4n) is 2.84. The Morgan fingerprint density at radius 2 is 2.21 bits per heavy atom. The van der Waals surface area contributed by atoms with E-state index < -0.39 is 0 Å². The van der Waals surface area contributed by atoms with Gasteiger partial charge in [0.2, 0.25) is 0 Å². The largest absolute Gasteiger partial charge is 0.490 e. The molecule has 0 aliphatic carbocycles. The molecule has 2 atom stereocenters. The van der Waals surface area contributed by atoms with Crippen LogP contribution in [-0.4, -0.2) is 29.8 Å². The summed E-state index contributed by atoms with van der Waals surface area (Å²) >= 11 is 2.00. The monoisotopic (exact) mass is 279 g/mol. The molecule has 2 unspecified atom stereocenters. The molecule has 4 heteroatoms. The first-order chi connectivity index (χ1) is 9.30. The average molecular weight is 279 g/mol. The van der Waals surface area contributed by atoms with E-state index in [9.17, 15) is 0 Å². The van der Waals surface area contributed by atoms with E-state index in [0.717, 1.165) is 36.5 Å². The molecule has 2 aliphatic rings. The Hall–Kier alpha value is -0.710. The van der Waals surface area contributed by atoms with Crippen molar-refractivity contribution < 1.29 is 9.47 Å². The van der Waals surface area contributed by atoms with Crippen LogP contribution in [0, 0.1) is 0 Å². The molecule has 2 heterocycles. The van der Waals surface area contributed by atoms with Crippen LogP contribution in [0.3, 0.4) is 0 Å². The van der Waals surface area contributed by atoms with Crippen LogP contribution in [0.4, 0.5) is 0 Å². The van der Waals surface area contributed by atoms with E-state index in [1.807, 2.05) is 36.0 Å². The predicted molar refractivity (Wildman–Crippen MR) is 78.6 cm³/mol. The number of benzene rings is 1. The molecular weight excluding hydrogens is 258 g/mol. The van der Waals surface area contributed by atoms with Gasteiger partial charge in [-0.15, -0.1) is 0 Å². The minimum Gasteiger partial charge on any atom is -0.490 e. The number of ether oxygens (including phenoxy) is 2. The lowest BCUT2D eigenvalue weighted by Gasteiger charge is -2.37. The SMILES string of the molecule is NCc1ccc(OC2CCOC3(CCSC3)C2)cc1. The van der Waals surface area contributed by atoms with Crippen LogP contribution >= 0.6 is 11.8 Å². The lowest BCUT2D eigenvalue weighted by molar-refractivity contribution is -0.0958. The van der Waals surface area contributed by atoms with Gasteiger partial charge in [-0.2, -0.15) is 11.8 Å². The molecule has 2 N–H and O–H groups in total. The van der Waals surface area contributed by atoms with Crippen molar-refractivity contribution in [3.8, 4) is 5.75 Å². The Labute approximate surface area is 118 Å². The highest BCUT2D eigenvalue weighted by Gasteiger charge is 2.41. The highest BCUT2D eigenvalue weighted by atomic mass is 32.2. The Bertz CT molecular complexity index is 415. The Balaban J connectivity index is 1.62. The first-order valence-electron chi connectivity index (χ1n) is 6.97. The van der Waals surface area contributed by atoms with E-state index in [1.54, 1.807) is 0 Å². The van der Waals surface area contributed by atoms with E-state index in [4.69, 9.17) is 15.2 Å². The molecule has 2 saturated heterocycles. The number of nitrogens with two attached hydrogens (primary N) is 1. The van der Waals surface area contributed by atoms with E-state index >= 15 is 0 Å². The van der Waals surface area contributed by atoms with E-state index in [2.05, 4.69) is 0 Å². The van der Waals surface area contributed by atoms with Crippen LogP contribution in [0.2, 0.25) is 0 Å². The van der Waals surface area contributed by atoms with Gasteiger partial charge in [0.1, 0.15) is 11.9 Å². The Kier molecular flexibility index (Phi) is 4.01. The second-order valence-electron chi connectivity index (χ2n) is 5.41. The zero-order valence-corrected chi connectivity index (χ0v) is 12.0. The fraction of sp³-hybridized carbons (Fsp3) is 0.600. The van der Waals surface area contributed by atoms with Crippen molar-refractivity contribution in [3.63, 3.8) is 0 Å². The van der Waals surface area contributed by atoms with Crippen molar-refractivity contribution in [2.75, 3.05) is 18.1 Å². The minimum absolute atomic E-state index is 0.0881. The first kappa shape index (κ1) is 13.3. The van der Waals surface area contributed by atoms with Gasteiger partial charge < -0.3 is 15.2 Å². The second-order valence-corrected chi connectivity index (χ2v) is 6.52. The van der Waals surface area contributed by atoms with Gasteiger partial charge in [0.15, 0.2) is 0 Å². The molecular formula is C15H21NO2S. The molecule has 1 aromatic rings. The zero-order valence-electron chi connectivity index (χ0n) is 11.1. The molecule has 1 aromatic carbocycles. The second kappa shape index (κ2) is 5.73. The number of hydrogen-bond donors (Lipinski definition) is 1. The zero-order chi connectivity index (χ0) is 13.1. The molecule has 2 fully saturated rings. The fourth-order valence-corrected chi connectivity index (χ4v) is 4.22. The smallest absolute Gasteiger partial charge is 0.119 e. The molecule has 2 aliphatic heterocycles. The van der Waals surface area contributed by atoms with Crippen molar-refractivity contribution in [1.82, 2.24) is 0 Å². The summed E-state index contributed by atoms with van der Waals surface area (Å²) in [6, 6.07) is 8.12. The summed E-state index contributed by atoms with van der Waals surface area (Å²) < 4.78 is 12.1. The Morgan fingerprint density at radius 1 is 1.37 bits per heavy atom. The van der Waals surface area contributed by atoms with Gasteiger partial charge in [-0.3, -0.25) is 0 Å². The van der Waals surface area contributed by atoms with Gasteiger partial charge in [0, 0.05) is 25.1 Å². The number of rotatable bonds is 3. The van der Waals surface area contributed by atoms with Crippen molar-refractivity contribution in [2.45, 2.75) is 37.5 Å². The standard InChI is InChI=1S/C15H21NO2S/c16-10-12-1-3-13(4-2-12)18-14-5-7-17-15(9-14)6-8-19-11-15/h1-4,14H,5-11,16H2. The van der Waals surface area contributed by atoms with Crippen LogP contribution < -0.4 is 10.5 Å². The normalized spacial score (nSPS) is 30.7. The van der Waals surface area contributed by atoms with Crippen molar-refractivity contribution >= 4 is 11.8 Å². The summed E-state index contributed by atoms with van der Waals surface area (Å²) in [5.74, 6) is 3.29. The van der Waals surface area contributed by atoms with Crippen molar-refractivity contribution in [1.29, 1.82) is 0 Å². The molecule has 0 radical (unpaired) electrons. The maximum atomic E-state index is 6.11. The maximum absolute atomic E-state index is 6.11. The number of hydrogen-bond acceptors (Lipinski definition) is 4. The van der Waals surface area contributed by atoms with Gasteiger partial charge in [0.25, 0.3) is 0 Å². The summed E-state index contributed by atoms with van der Waals surface area (Å²) in [4.78, 5) is 0. The molecule has 104 valence electrons. The highest BCUT2D eigenvalue weighted by molar-refractivity contribution is 7.99. The van der Waals surface area contributed by atoms with Crippen LogP contribution in [0.15, 0.2) is 24.3 Å². The molecule has 0 bridgehead atoms. The summed E-state index contributed by atoms with van der Waals surface area (Å²) in [5.41, 5.74) is 6.83. The Morgan fingerprint density at radius 3 is 2.89 bits per heavy atom. The number of thioether (sulfide) groups is 1. The van der Waals surface area contributed by atoms with Crippen LogP contribution in [0.1, 0.15) is 24.8 Å². The molecule has 0 amide bonds. The molecule has 0 saturated carbocycles. The minimum atomic E-state index is 0.0881. The average Bonchev–Trinajstić information content (AvgIpc) is 2.88. The lowest BCUT2D eigenvalue weighted by atomic mass is 9.91. The molecule has 19 heavy (non-hydrogen) atoms. The van der Waals surface area contributed by atoms with Crippen molar-refractivity contribution in [2.24, 2.45) is 5.73 Å². The van der Waals surface area contributed by atoms with Crippen LogP contribution in [-0.2, 0) is 11.3 Å². The topological polar surface area (TPSA) is 44.5 Å². The highest BCUT2D eigenvalue weighted by Crippen LogP contribution is 2.39. The lowest BCUT2D eigenvalue weighted by Crippen LogP contribution is -2.43. The van der Waals surface area contributed by atoms with E-state index in [0.29, 0.717) is 6.54 Å². The van der Waals surface area contributed by atoms with Gasteiger partial charge >= 0.3 is 0 Å². The third-order valence-electron chi connectivity index (χ3n) is 3.98. The summed E-state index contributed by atoms with van der Waals surface area (Å²) in [7, 11) is 0. The molecule has 1 spiro atoms. The first-order valence-corrected chi connectivity index (χ1v) is 8.13. The summed E-state index contributed by atoms with van der Waals surface area (Å²) in [6.45, 7) is 1.41. The van der Waals surface area contributed by atoms with Gasteiger partial charge in [-0.05, 0) is 29.9 Å². The van der Waals surface area contributed by atoms with Crippen LogP contribution in [0.25, 0.3) is 0 Å². The van der Waals surface area contributed by atoms with Crippen molar-refractivity contribution in [3.05, 3.63) is 29.8 Å². The molecule has 3 rings (SSSR count). The van der Waals surface area contributed by atoms with E-state index in [-0.39, 0.29) is 11.7 Å². The predicted octanol–water partition coefficient (Wildman–Crippen LogP) is 2.58. The van der Waals surface area contributed by atoms with Crippen LogP contribution in [0.5, 0.6) is 5.75 Å². The third kappa shape index (κ3) is 3.07. The maximum Gasteiger partial charge on any atom is 0.119 e. The molecule has 0 aromatic heterocycles. The van der Waals surface area contributed by atoms with Gasteiger partial charge in [-0.1, -0.05) is 12.1 Å². The molecule has 3 nitrogen and oxygen atoms in total. The third-order valence-corrected chi connectivity index (χ3v) is 5.20. The summed E-state index contributed by atoms with van der Waals surface area (Å²) in [6.07, 6.45) is 3.48. The summed E-state index contributed by atoms with van der Waals surface area (Å²) in [5, 5.41) is 0.